The van der Waals surface area contributed by atoms with Gasteiger partial charge in [-0.3, -0.25) is 4.68 Å². The molecule has 1 aromatic heterocycles. The first kappa shape index (κ1) is 17.0. The topological polar surface area (TPSA) is 44.1 Å². The van der Waals surface area contributed by atoms with E-state index in [-0.39, 0.29) is 0 Å². The van der Waals surface area contributed by atoms with Crippen LogP contribution in [0.15, 0.2) is 78.9 Å². The zero-order valence-corrected chi connectivity index (χ0v) is 15.1. The fourth-order valence-corrected chi connectivity index (χ4v) is 3.31. The molecule has 0 aliphatic heterocycles. The van der Waals surface area contributed by atoms with Crippen molar-refractivity contribution >= 4 is 16.9 Å². The minimum absolute atomic E-state index is 0.319. The Morgan fingerprint density at radius 3 is 2.33 bits per heavy atom. The average Bonchev–Trinajstić information content (AvgIpc) is 3.08. The molecule has 4 aromatic rings. The van der Waals surface area contributed by atoms with Crippen LogP contribution in [-0.2, 0) is 11.3 Å². The van der Waals surface area contributed by atoms with Crippen molar-refractivity contribution in [2.45, 2.75) is 13.5 Å². The van der Waals surface area contributed by atoms with Gasteiger partial charge in [0.25, 0.3) is 0 Å². The molecule has 0 N–H and O–H groups in total. The number of fused-ring (bicyclic) bond motifs is 1. The summed E-state index contributed by atoms with van der Waals surface area (Å²) in [4.78, 5) is 12.6. The van der Waals surface area contributed by atoms with E-state index in [0.29, 0.717) is 18.8 Å². The van der Waals surface area contributed by atoms with Gasteiger partial charge in [0, 0.05) is 5.39 Å². The Morgan fingerprint density at radius 2 is 1.63 bits per heavy atom. The molecular weight excluding hydrogens is 336 g/mol. The first-order chi connectivity index (χ1) is 13.3. The third kappa shape index (κ3) is 3.34. The van der Waals surface area contributed by atoms with Gasteiger partial charge in [-0.05, 0) is 29.7 Å². The van der Waals surface area contributed by atoms with Gasteiger partial charge in [0.15, 0.2) is 5.69 Å². The van der Waals surface area contributed by atoms with Gasteiger partial charge in [0.1, 0.15) is 0 Å². The predicted octanol–water partition coefficient (Wildman–Crippen LogP) is 4.93. The molecule has 0 amide bonds. The molecular formula is C23H20N2O2. The molecule has 0 saturated carbocycles. The van der Waals surface area contributed by atoms with Gasteiger partial charge in [-0.1, -0.05) is 72.8 Å². The highest BCUT2D eigenvalue weighted by Crippen LogP contribution is 2.32. The molecule has 0 radical (unpaired) electrons. The second-order valence-electron chi connectivity index (χ2n) is 6.28. The van der Waals surface area contributed by atoms with Crippen LogP contribution in [0.4, 0.5) is 0 Å². The van der Waals surface area contributed by atoms with Gasteiger partial charge >= 0.3 is 5.97 Å². The number of aromatic nitrogens is 2. The number of benzene rings is 3. The first-order valence-corrected chi connectivity index (χ1v) is 9.04. The summed E-state index contributed by atoms with van der Waals surface area (Å²) in [7, 11) is 0. The van der Waals surface area contributed by atoms with Crippen molar-refractivity contribution in [1.82, 2.24) is 9.78 Å². The highest BCUT2D eigenvalue weighted by molar-refractivity contribution is 6.08. The summed E-state index contributed by atoms with van der Waals surface area (Å²) in [6.07, 6.45) is 0. The summed E-state index contributed by atoms with van der Waals surface area (Å²) < 4.78 is 7.15. The summed E-state index contributed by atoms with van der Waals surface area (Å²) in [5.41, 5.74) is 4.44. The van der Waals surface area contributed by atoms with E-state index < -0.39 is 5.97 Å². The molecule has 0 unspecified atom stereocenters. The highest BCUT2D eigenvalue weighted by Gasteiger charge is 2.21. The average molecular weight is 356 g/mol. The van der Waals surface area contributed by atoms with Crippen molar-refractivity contribution in [2.75, 3.05) is 6.61 Å². The lowest BCUT2D eigenvalue weighted by Gasteiger charge is -2.06. The number of rotatable bonds is 5. The van der Waals surface area contributed by atoms with Gasteiger partial charge in [0.2, 0.25) is 0 Å². The fourth-order valence-electron chi connectivity index (χ4n) is 3.31. The molecule has 0 bridgehead atoms. The third-order valence-electron chi connectivity index (χ3n) is 4.51. The van der Waals surface area contributed by atoms with E-state index in [1.165, 1.54) is 0 Å². The van der Waals surface area contributed by atoms with E-state index in [4.69, 9.17) is 4.74 Å². The van der Waals surface area contributed by atoms with E-state index in [2.05, 4.69) is 17.2 Å². The number of hydrogen-bond acceptors (Lipinski definition) is 3. The Kier molecular flexibility index (Phi) is 4.71. The van der Waals surface area contributed by atoms with Crippen molar-refractivity contribution in [3.05, 3.63) is 90.1 Å². The van der Waals surface area contributed by atoms with Gasteiger partial charge < -0.3 is 4.74 Å². The Hall–Kier alpha value is -3.40. The van der Waals surface area contributed by atoms with Crippen molar-refractivity contribution < 1.29 is 9.53 Å². The van der Waals surface area contributed by atoms with E-state index in [9.17, 15) is 4.79 Å². The lowest BCUT2D eigenvalue weighted by atomic mass is 10.00. The molecule has 4 nitrogen and oxygen atoms in total. The van der Waals surface area contributed by atoms with Crippen molar-refractivity contribution in [3.63, 3.8) is 0 Å². The summed E-state index contributed by atoms with van der Waals surface area (Å²) in [6.45, 7) is 2.72. The molecule has 3 aromatic carbocycles. The van der Waals surface area contributed by atoms with Crippen molar-refractivity contribution in [3.8, 4) is 11.1 Å². The van der Waals surface area contributed by atoms with Gasteiger partial charge in [-0.2, -0.15) is 5.10 Å². The number of esters is 1. The second kappa shape index (κ2) is 7.46. The molecule has 0 atom stereocenters. The number of nitrogens with zero attached hydrogens (tertiary/aromatic N) is 2. The number of carbonyl (C=O) groups excluding carboxylic acids is 1. The largest absolute Gasteiger partial charge is 0.461 e. The van der Waals surface area contributed by atoms with Crippen LogP contribution in [0.5, 0.6) is 0 Å². The van der Waals surface area contributed by atoms with Gasteiger partial charge in [-0.15, -0.1) is 0 Å². The second-order valence-corrected chi connectivity index (χ2v) is 6.28. The predicted molar refractivity (Wildman–Crippen MR) is 107 cm³/mol. The third-order valence-corrected chi connectivity index (χ3v) is 4.51. The summed E-state index contributed by atoms with van der Waals surface area (Å²) in [6, 6.07) is 26.2. The molecule has 0 saturated heterocycles. The summed E-state index contributed by atoms with van der Waals surface area (Å²) in [5.74, 6) is -0.391. The van der Waals surface area contributed by atoms with Crippen molar-refractivity contribution in [2.24, 2.45) is 0 Å². The van der Waals surface area contributed by atoms with E-state index in [0.717, 1.165) is 27.6 Å². The lowest BCUT2D eigenvalue weighted by Crippen LogP contribution is -2.08. The lowest BCUT2D eigenvalue weighted by molar-refractivity contribution is 0.0520. The minimum atomic E-state index is -0.391. The molecule has 0 fully saturated rings. The van der Waals surface area contributed by atoms with E-state index >= 15 is 0 Å². The van der Waals surface area contributed by atoms with Crippen LogP contribution < -0.4 is 0 Å². The Morgan fingerprint density at radius 1 is 0.926 bits per heavy atom. The monoisotopic (exact) mass is 356 g/mol. The van der Waals surface area contributed by atoms with Crippen LogP contribution in [0.25, 0.3) is 22.0 Å². The maximum Gasteiger partial charge on any atom is 0.359 e. The van der Waals surface area contributed by atoms with Crippen LogP contribution in [0.2, 0.25) is 0 Å². The molecule has 4 rings (SSSR count). The smallest absolute Gasteiger partial charge is 0.359 e. The number of hydrogen-bond donors (Lipinski definition) is 0. The standard InChI is InChI=1S/C23H20N2O2/c1-2-27-23(26)22-21-19(18-12-7-4-8-13-18)14-9-15-20(21)25(24-22)16-17-10-5-3-6-11-17/h3-15H,2,16H2,1H3. The summed E-state index contributed by atoms with van der Waals surface area (Å²) >= 11 is 0. The van der Waals surface area contributed by atoms with Crippen LogP contribution in [0, 0.1) is 0 Å². The SMILES string of the molecule is CCOC(=O)c1nn(Cc2ccccc2)c2cccc(-c3ccccc3)c12. The highest BCUT2D eigenvalue weighted by atomic mass is 16.5. The van der Waals surface area contributed by atoms with Gasteiger partial charge in [-0.25, -0.2) is 4.79 Å². The maximum atomic E-state index is 12.6. The molecule has 4 heteroatoms. The molecule has 27 heavy (non-hydrogen) atoms. The maximum absolute atomic E-state index is 12.6. The zero-order chi connectivity index (χ0) is 18.6. The van der Waals surface area contributed by atoms with Crippen LogP contribution >= 0.6 is 0 Å². The number of carbonyl (C=O) groups is 1. The van der Waals surface area contributed by atoms with Crippen LogP contribution in [-0.4, -0.2) is 22.4 Å². The molecule has 134 valence electrons. The molecule has 0 aliphatic rings. The fraction of sp³-hybridized carbons (Fsp3) is 0.130. The normalized spacial score (nSPS) is 10.9. The van der Waals surface area contributed by atoms with Crippen LogP contribution in [0.3, 0.4) is 0 Å². The van der Waals surface area contributed by atoms with E-state index in [1.807, 2.05) is 71.4 Å². The number of ether oxygens (including phenoxy) is 1. The minimum Gasteiger partial charge on any atom is -0.461 e. The quantitative estimate of drug-likeness (QED) is 0.476. The Balaban J connectivity index is 1.92. The van der Waals surface area contributed by atoms with Gasteiger partial charge in [0.05, 0.1) is 18.7 Å². The van der Waals surface area contributed by atoms with Crippen LogP contribution in [0.1, 0.15) is 23.0 Å². The molecule has 0 aliphatic carbocycles. The Bertz CT molecular complexity index is 1070. The first-order valence-electron chi connectivity index (χ1n) is 9.04. The Labute approximate surface area is 158 Å². The molecule has 0 spiro atoms. The summed E-state index contributed by atoms with van der Waals surface area (Å²) in [5, 5.41) is 5.46. The zero-order valence-electron chi connectivity index (χ0n) is 15.1. The van der Waals surface area contributed by atoms with E-state index in [1.54, 1.807) is 6.92 Å². The molecule has 1 heterocycles. The van der Waals surface area contributed by atoms with Crippen molar-refractivity contribution in [1.29, 1.82) is 0 Å².